The molecular formula is C15H24N2O2S. The van der Waals surface area contributed by atoms with Gasteiger partial charge in [0.25, 0.3) is 0 Å². The molecule has 1 heterocycles. The van der Waals surface area contributed by atoms with E-state index in [1.807, 2.05) is 25.1 Å². The molecule has 20 heavy (non-hydrogen) atoms. The van der Waals surface area contributed by atoms with Gasteiger partial charge in [0.1, 0.15) is 9.84 Å². The minimum absolute atomic E-state index is 0.0511. The molecule has 0 bridgehead atoms. The molecule has 2 atom stereocenters. The molecular weight excluding hydrogens is 272 g/mol. The van der Waals surface area contributed by atoms with Gasteiger partial charge in [-0.25, -0.2) is 8.42 Å². The fourth-order valence-corrected chi connectivity index (χ4v) is 4.02. The van der Waals surface area contributed by atoms with E-state index in [0.29, 0.717) is 0 Å². The largest absolute Gasteiger partial charge is 0.305 e. The van der Waals surface area contributed by atoms with Crippen LogP contribution in [0.3, 0.4) is 0 Å². The smallest absolute Gasteiger partial charge is 0.148 e. The van der Waals surface area contributed by atoms with Crippen LogP contribution in [0.2, 0.25) is 0 Å². The highest BCUT2D eigenvalue weighted by Gasteiger charge is 2.34. The second-order valence-corrected chi connectivity index (χ2v) is 8.22. The fraction of sp³-hybridized carbons (Fsp3) is 0.600. The molecule has 1 aliphatic heterocycles. The first-order valence-corrected chi connectivity index (χ1v) is 9.08. The summed E-state index contributed by atoms with van der Waals surface area (Å²) in [6.07, 6.45) is 1.31. The van der Waals surface area contributed by atoms with Gasteiger partial charge in [-0.2, -0.15) is 0 Å². The molecule has 0 amide bonds. The maximum Gasteiger partial charge on any atom is 0.148 e. The van der Waals surface area contributed by atoms with Crippen LogP contribution in [-0.2, 0) is 15.4 Å². The summed E-state index contributed by atoms with van der Waals surface area (Å²) in [6, 6.07) is 10.4. The lowest BCUT2D eigenvalue weighted by Gasteiger charge is -2.44. The van der Waals surface area contributed by atoms with Crippen molar-refractivity contribution in [2.75, 3.05) is 31.6 Å². The van der Waals surface area contributed by atoms with Gasteiger partial charge in [0.2, 0.25) is 0 Å². The van der Waals surface area contributed by atoms with Crippen LogP contribution in [0.15, 0.2) is 30.3 Å². The van der Waals surface area contributed by atoms with Crippen LogP contribution in [-0.4, -0.2) is 51.0 Å². The zero-order chi connectivity index (χ0) is 14.8. The number of nitrogens with zero attached hydrogens (tertiary/aromatic N) is 1. The Labute approximate surface area is 122 Å². The van der Waals surface area contributed by atoms with Crippen LogP contribution in [0.4, 0.5) is 0 Å². The van der Waals surface area contributed by atoms with Crippen LogP contribution in [0.1, 0.15) is 19.4 Å². The van der Waals surface area contributed by atoms with Crippen LogP contribution in [0, 0.1) is 0 Å². The molecule has 1 aromatic rings. The highest BCUT2D eigenvalue weighted by molar-refractivity contribution is 7.90. The van der Waals surface area contributed by atoms with E-state index in [2.05, 4.69) is 29.3 Å². The number of sulfone groups is 1. The molecule has 1 N–H and O–H groups in total. The molecule has 5 heteroatoms. The van der Waals surface area contributed by atoms with Gasteiger partial charge in [0.15, 0.2) is 0 Å². The Bertz CT molecular complexity index is 544. The molecule has 0 aliphatic carbocycles. The van der Waals surface area contributed by atoms with Crippen LogP contribution < -0.4 is 5.32 Å². The Morgan fingerprint density at radius 1 is 1.35 bits per heavy atom. The molecule has 1 saturated heterocycles. The van der Waals surface area contributed by atoms with E-state index < -0.39 is 9.84 Å². The maximum atomic E-state index is 11.5. The third-order valence-corrected chi connectivity index (χ3v) is 5.10. The van der Waals surface area contributed by atoms with Gasteiger partial charge in [-0.15, -0.1) is 0 Å². The van der Waals surface area contributed by atoms with Crippen LogP contribution in [0.5, 0.6) is 0 Å². The summed E-state index contributed by atoms with van der Waals surface area (Å²) in [5.41, 5.74) is 1.13. The lowest BCUT2D eigenvalue weighted by atomic mass is 9.89. The summed E-state index contributed by atoms with van der Waals surface area (Å²) >= 11 is 0. The number of hydrogen-bond acceptors (Lipinski definition) is 4. The Kier molecular flexibility index (Phi) is 4.52. The third-order valence-electron chi connectivity index (χ3n) is 4.01. The number of benzene rings is 1. The predicted molar refractivity (Wildman–Crippen MR) is 82.5 cm³/mol. The molecule has 0 saturated carbocycles. The zero-order valence-corrected chi connectivity index (χ0v) is 13.3. The molecule has 0 spiro atoms. The minimum atomic E-state index is -2.94. The van der Waals surface area contributed by atoms with Crippen molar-refractivity contribution in [2.24, 2.45) is 0 Å². The molecule has 0 radical (unpaired) electrons. The first-order chi connectivity index (χ1) is 9.30. The van der Waals surface area contributed by atoms with Crippen molar-refractivity contribution in [3.8, 4) is 0 Å². The molecule has 2 unspecified atom stereocenters. The van der Waals surface area contributed by atoms with Crippen molar-refractivity contribution in [1.82, 2.24) is 10.2 Å². The molecule has 4 nitrogen and oxygen atoms in total. The van der Waals surface area contributed by atoms with Crippen molar-refractivity contribution in [3.05, 3.63) is 35.9 Å². The van der Waals surface area contributed by atoms with Crippen molar-refractivity contribution < 1.29 is 8.42 Å². The Hall–Kier alpha value is -0.910. The first kappa shape index (κ1) is 15.5. The predicted octanol–water partition coefficient (Wildman–Crippen LogP) is 1.24. The normalized spacial score (nSPS) is 26.4. The van der Waals surface area contributed by atoms with Gasteiger partial charge in [0.05, 0.1) is 11.3 Å². The average molecular weight is 296 g/mol. The van der Waals surface area contributed by atoms with E-state index in [9.17, 15) is 8.42 Å². The summed E-state index contributed by atoms with van der Waals surface area (Å²) in [6.45, 7) is 6.77. The van der Waals surface area contributed by atoms with Crippen molar-refractivity contribution >= 4 is 9.84 Å². The highest BCUT2D eigenvalue weighted by atomic mass is 32.2. The van der Waals surface area contributed by atoms with E-state index in [-0.39, 0.29) is 17.3 Å². The van der Waals surface area contributed by atoms with E-state index in [0.717, 1.165) is 19.6 Å². The molecule has 1 fully saturated rings. The molecule has 1 aromatic carbocycles. The fourth-order valence-electron chi connectivity index (χ4n) is 2.94. The average Bonchev–Trinajstić information content (AvgIpc) is 2.38. The second-order valence-electron chi connectivity index (χ2n) is 6.04. The number of rotatable bonds is 4. The van der Waals surface area contributed by atoms with E-state index in [4.69, 9.17) is 0 Å². The van der Waals surface area contributed by atoms with Gasteiger partial charge in [0, 0.05) is 31.9 Å². The van der Waals surface area contributed by atoms with Crippen molar-refractivity contribution in [1.29, 1.82) is 0 Å². The summed E-state index contributed by atoms with van der Waals surface area (Å²) < 4.78 is 22.9. The van der Waals surface area contributed by atoms with Crippen LogP contribution >= 0.6 is 0 Å². The Balaban J connectivity index is 2.12. The SMILES string of the molecule is CC(CS(C)(=O)=O)N1CCNC(C)(c2ccccc2)C1. The monoisotopic (exact) mass is 296 g/mol. The molecule has 112 valence electrons. The third kappa shape index (κ3) is 3.81. The Morgan fingerprint density at radius 2 is 2.00 bits per heavy atom. The van der Waals surface area contributed by atoms with Crippen molar-refractivity contribution in [3.63, 3.8) is 0 Å². The summed E-state index contributed by atoms with van der Waals surface area (Å²) in [4.78, 5) is 2.27. The Morgan fingerprint density at radius 3 is 2.60 bits per heavy atom. The number of hydrogen-bond donors (Lipinski definition) is 1. The number of piperazine rings is 1. The molecule has 1 aliphatic rings. The first-order valence-electron chi connectivity index (χ1n) is 7.02. The molecule has 2 rings (SSSR count). The van der Waals surface area contributed by atoms with Gasteiger partial charge in [-0.3, -0.25) is 4.90 Å². The van der Waals surface area contributed by atoms with Gasteiger partial charge in [-0.05, 0) is 19.4 Å². The second kappa shape index (κ2) is 5.84. The standard InChI is InChI=1S/C15H24N2O2S/c1-13(11-20(3,18)19)17-10-9-16-15(2,12-17)14-7-5-4-6-8-14/h4-8,13,16H,9-12H2,1-3H3. The highest BCUT2D eigenvalue weighted by Crippen LogP contribution is 2.25. The summed E-state index contributed by atoms with van der Waals surface area (Å²) in [5.74, 6) is 0.220. The van der Waals surface area contributed by atoms with E-state index >= 15 is 0 Å². The van der Waals surface area contributed by atoms with Crippen LogP contribution in [0.25, 0.3) is 0 Å². The van der Waals surface area contributed by atoms with Crippen molar-refractivity contribution in [2.45, 2.75) is 25.4 Å². The topological polar surface area (TPSA) is 49.4 Å². The van der Waals surface area contributed by atoms with Gasteiger partial charge in [-0.1, -0.05) is 30.3 Å². The minimum Gasteiger partial charge on any atom is -0.305 e. The lowest BCUT2D eigenvalue weighted by Crippen LogP contribution is -2.59. The van der Waals surface area contributed by atoms with Gasteiger partial charge >= 0.3 is 0 Å². The zero-order valence-electron chi connectivity index (χ0n) is 12.5. The lowest BCUT2D eigenvalue weighted by molar-refractivity contribution is 0.115. The quantitative estimate of drug-likeness (QED) is 0.908. The van der Waals surface area contributed by atoms with E-state index in [1.165, 1.54) is 11.8 Å². The maximum absolute atomic E-state index is 11.5. The summed E-state index contributed by atoms with van der Waals surface area (Å²) in [5, 5.41) is 3.57. The van der Waals surface area contributed by atoms with E-state index in [1.54, 1.807) is 0 Å². The van der Waals surface area contributed by atoms with Gasteiger partial charge < -0.3 is 5.32 Å². The molecule has 0 aromatic heterocycles. The number of nitrogens with one attached hydrogen (secondary N) is 1. The summed E-state index contributed by atoms with van der Waals surface area (Å²) in [7, 11) is -2.94.